The molecule has 0 aromatic heterocycles. The average molecular weight is 249 g/mol. The van der Waals surface area contributed by atoms with E-state index in [1.807, 2.05) is 0 Å². The zero-order valence-electron chi connectivity index (χ0n) is 9.82. The van der Waals surface area contributed by atoms with Crippen LogP contribution in [0.1, 0.15) is 27.2 Å². The Balaban J connectivity index is 0.00000225. The summed E-state index contributed by atoms with van der Waals surface area (Å²) in [6.45, 7) is 6.08. The van der Waals surface area contributed by atoms with Gasteiger partial charge in [-0.15, -0.1) is 0 Å². The average Bonchev–Trinajstić information content (AvgIpc) is 2.47. The second-order valence-electron chi connectivity index (χ2n) is 4.75. The number of hydrogen-bond acceptors (Lipinski definition) is 3. The molecule has 94 valence electrons. The van der Waals surface area contributed by atoms with Crippen molar-refractivity contribution in [2.45, 2.75) is 32.8 Å². The lowest BCUT2D eigenvalue weighted by atomic mass is 10.1. The minimum atomic E-state index is -0.846. The van der Waals surface area contributed by atoms with Crippen molar-refractivity contribution < 1.29 is 19.4 Å². The molecule has 0 unspecified atom stereocenters. The van der Waals surface area contributed by atoms with Gasteiger partial charge in [-0.2, -0.15) is 13.5 Å². The van der Waals surface area contributed by atoms with Crippen LogP contribution < -0.4 is 0 Å². The molecule has 1 heterocycles. The van der Waals surface area contributed by atoms with Crippen LogP contribution in [-0.2, 0) is 9.53 Å². The SMILES string of the molecule is CC(C)(C)OC(=O)N1CC[C@H](C(=O)O)C1.S. The van der Waals surface area contributed by atoms with Crippen LogP contribution in [0, 0.1) is 5.92 Å². The molecule has 16 heavy (non-hydrogen) atoms. The fraction of sp³-hybridized carbons (Fsp3) is 0.800. The number of carbonyl (C=O) groups is 2. The van der Waals surface area contributed by atoms with E-state index in [0.29, 0.717) is 13.0 Å². The highest BCUT2D eigenvalue weighted by Gasteiger charge is 2.33. The van der Waals surface area contributed by atoms with Crippen molar-refractivity contribution in [1.82, 2.24) is 4.90 Å². The third kappa shape index (κ3) is 4.30. The molecular formula is C10H19NO4S. The number of carboxylic acids is 1. The first-order chi connectivity index (χ1) is 6.79. The Morgan fingerprint density at radius 2 is 1.94 bits per heavy atom. The minimum Gasteiger partial charge on any atom is -0.481 e. The van der Waals surface area contributed by atoms with Gasteiger partial charge in [0.2, 0.25) is 0 Å². The maximum absolute atomic E-state index is 11.5. The lowest BCUT2D eigenvalue weighted by molar-refractivity contribution is -0.141. The van der Waals surface area contributed by atoms with Gasteiger partial charge in [-0.1, -0.05) is 0 Å². The number of nitrogens with zero attached hydrogens (tertiary/aromatic N) is 1. The van der Waals surface area contributed by atoms with E-state index in [-0.39, 0.29) is 20.0 Å². The van der Waals surface area contributed by atoms with Crippen LogP contribution in [0.4, 0.5) is 4.79 Å². The summed E-state index contributed by atoms with van der Waals surface area (Å²) in [5, 5.41) is 8.77. The van der Waals surface area contributed by atoms with E-state index in [4.69, 9.17) is 9.84 Å². The largest absolute Gasteiger partial charge is 0.481 e. The van der Waals surface area contributed by atoms with Crippen molar-refractivity contribution in [2.75, 3.05) is 13.1 Å². The van der Waals surface area contributed by atoms with Crippen molar-refractivity contribution in [2.24, 2.45) is 5.92 Å². The quantitative estimate of drug-likeness (QED) is 0.763. The molecular weight excluding hydrogens is 230 g/mol. The van der Waals surface area contributed by atoms with Crippen LogP contribution in [0.25, 0.3) is 0 Å². The molecule has 1 N–H and O–H groups in total. The van der Waals surface area contributed by atoms with Gasteiger partial charge in [0.05, 0.1) is 5.92 Å². The third-order valence-corrected chi connectivity index (χ3v) is 2.19. The van der Waals surface area contributed by atoms with Gasteiger partial charge in [0.15, 0.2) is 0 Å². The number of likely N-dealkylation sites (tertiary alicyclic amines) is 1. The highest BCUT2D eigenvalue weighted by atomic mass is 32.1. The highest BCUT2D eigenvalue weighted by Crippen LogP contribution is 2.19. The molecule has 6 heteroatoms. The van der Waals surface area contributed by atoms with Crippen LogP contribution in [-0.4, -0.2) is 40.8 Å². The molecule has 0 spiro atoms. The molecule has 1 aliphatic heterocycles. The lowest BCUT2D eigenvalue weighted by Gasteiger charge is -2.24. The van der Waals surface area contributed by atoms with Gasteiger partial charge in [-0.3, -0.25) is 4.79 Å². The minimum absolute atomic E-state index is 0. The van der Waals surface area contributed by atoms with Crippen molar-refractivity contribution in [3.8, 4) is 0 Å². The summed E-state index contributed by atoms with van der Waals surface area (Å²) < 4.78 is 5.14. The lowest BCUT2D eigenvalue weighted by Crippen LogP contribution is -2.35. The summed E-state index contributed by atoms with van der Waals surface area (Å²) in [4.78, 5) is 23.7. The summed E-state index contributed by atoms with van der Waals surface area (Å²) in [6, 6.07) is 0. The summed E-state index contributed by atoms with van der Waals surface area (Å²) in [5.74, 6) is -1.29. The van der Waals surface area contributed by atoms with E-state index in [9.17, 15) is 9.59 Å². The molecule has 1 atom stereocenters. The Bertz CT molecular complexity index is 274. The molecule has 1 amide bonds. The monoisotopic (exact) mass is 249 g/mol. The first-order valence-corrected chi connectivity index (χ1v) is 5.00. The summed E-state index contributed by atoms with van der Waals surface area (Å²) >= 11 is 0. The van der Waals surface area contributed by atoms with Gasteiger partial charge in [-0.05, 0) is 27.2 Å². The van der Waals surface area contributed by atoms with E-state index < -0.39 is 23.6 Å². The van der Waals surface area contributed by atoms with Crippen molar-refractivity contribution >= 4 is 25.6 Å². The van der Waals surface area contributed by atoms with Crippen molar-refractivity contribution in [3.63, 3.8) is 0 Å². The van der Waals surface area contributed by atoms with Gasteiger partial charge in [0.25, 0.3) is 0 Å². The summed E-state index contributed by atoms with van der Waals surface area (Å²) in [6.07, 6.45) is 0.0837. The number of hydrogen-bond donors (Lipinski definition) is 1. The first-order valence-electron chi connectivity index (χ1n) is 5.00. The molecule has 0 radical (unpaired) electrons. The molecule has 5 nitrogen and oxygen atoms in total. The Kier molecular flexibility index (Phi) is 5.12. The second kappa shape index (κ2) is 5.43. The van der Waals surface area contributed by atoms with Gasteiger partial charge in [-0.25, -0.2) is 4.79 Å². The molecule has 1 saturated heterocycles. The fourth-order valence-corrected chi connectivity index (χ4v) is 1.45. The highest BCUT2D eigenvalue weighted by molar-refractivity contribution is 7.59. The van der Waals surface area contributed by atoms with E-state index in [1.165, 1.54) is 4.90 Å². The summed E-state index contributed by atoms with van der Waals surface area (Å²) in [5.41, 5.74) is -0.529. The van der Waals surface area contributed by atoms with E-state index in [2.05, 4.69) is 0 Å². The first kappa shape index (κ1) is 15.1. The molecule has 1 aliphatic rings. The predicted octanol–water partition coefficient (Wildman–Crippen LogP) is 1.44. The molecule has 0 saturated carbocycles. The smallest absolute Gasteiger partial charge is 0.410 e. The second-order valence-corrected chi connectivity index (χ2v) is 4.75. The van der Waals surface area contributed by atoms with E-state index in [0.717, 1.165) is 0 Å². The standard InChI is InChI=1S/C10H17NO4.H2S/c1-10(2,3)15-9(14)11-5-4-7(6-11)8(12)13;/h7H,4-6H2,1-3H3,(H,12,13);1H2/t7-;/m0./s1. The van der Waals surface area contributed by atoms with Gasteiger partial charge in [0.1, 0.15) is 5.60 Å². The zero-order valence-corrected chi connectivity index (χ0v) is 10.8. The van der Waals surface area contributed by atoms with Crippen LogP contribution in [0.5, 0.6) is 0 Å². The van der Waals surface area contributed by atoms with Gasteiger partial charge in [0, 0.05) is 13.1 Å². The summed E-state index contributed by atoms with van der Waals surface area (Å²) in [7, 11) is 0. The van der Waals surface area contributed by atoms with Gasteiger partial charge < -0.3 is 14.7 Å². The van der Waals surface area contributed by atoms with Crippen LogP contribution in [0.15, 0.2) is 0 Å². The van der Waals surface area contributed by atoms with Crippen molar-refractivity contribution in [3.05, 3.63) is 0 Å². The Morgan fingerprint density at radius 3 is 2.31 bits per heavy atom. The number of carbonyl (C=O) groups excluding carboxylic acids is 1. The Hall–Kier alpha value is -0.910. The number of amides is 1. The predicted molar refractivity (Wildman–Crippen MR) is 63.9 cm³/mol. The van der Waals surface area contributed by atoms with Crippen molar-refractivity contribution in [1.29, 1.82) is 0 Å². The molecule has 0 aromatic carbocycles. The van der Waals surface area contributed by atoms with Crippen LogP contribution in [0.3, 0.4) is 0 Å². The topological polar surface area (TPSA) is 66.8 Å². The zero-order chi connectivity index (χ0) is 11.6. The Morgan fingerprint density at radius 1 is 1.38 bits per heavy atom. The molecule has 0 bridgehead atoms. The maximum Gasteiger partial charge on any atom is 0.410 e. The molecule has 1 fully saturated rings. The third-order valence-electron chi connectivity index (χ3n) is 2.19. The maximum atomic E-state index is 11.5. The number of aliphatic carboxylic acids is 1. The van der Waals surface area contributed by atoms with E-state index >= 15 is 0 Å². The molecule has 1 rings (SSSR count). The Labute approximate surface area is 102 Å². The molecule has 0 aromatic rings. The van der Waals surface area contributed by atoms with Gasteiger partial charge >= 0.3 is 12.1 Å². The number of rotatable bonds is 1. The van der Waals surface area contributed by atoms with Crippen LogP contribution >= 0.6 is 13.5 Å². The normalized spacial score (nSPS) is 20.2. The molecule has 0 aliphatic carbocycles. The fourth-order valence-electron chi connectivity index (χ4n) is 1.45. The van der Waals surface area contributed by atoms with E-state index in [1.54, 1.807) is 20.8 Å². The van der Waals surface area contributed by atoms with Crippen LogP contribution in [0.2, 0.25) is 0 Å². The number of ether oxygens (including phenoxy) is 1. The number of carboxylic acid groups (broad SMARTS) is 1.